The third kappa shape index (κ3) is 48.9. The van der Waals surface area contributed by atoms with Crippen LogP contribution in [0.5, 0.6) is 0 Å². The fraction of sp³-hybridized carbons (Fsp3) is 1.00. The molecule has 0 bridgehead atoms. The highest BCUT2D eigenvalue weighted by Gasteiger charge is 1.32. The molecule has 0 unspecified atom stereocenters. The van der Waals surface area contributed by atoms with Crippen molar-refractivity contribution >= 4 is 36.6 Å². The highest BCUT2D eigenvalue weighted by molar-refractivity contribution is 7.97. The highest BCUT2D eigenvalue weighted by Crippen LogP contribution is 1.70. The molecule has 0 saturated heterocycles. The Morgan fingerprint density at radius 3 is 1.00 bits per heavy atom. The maximum Gasteiger partial charge on any atom is -0.0187 e. The number of halogens is 2. The molecule has 0 heterocycles. The van der Waals surface area contributed by atoms with E-state index in [4.69, 9.17) is 0 Å². The minimum Gasteiger partial charge on any atom is -0.169 e. The van der Waals surface area contributed by atoms with E-state index < -0.39 is 0 Å². The molecule has 5 heavy (non-hydrogen) atoms. The van der Waals surface area contributed by atoms with Crippen LogP contribution in [0.25, 0.3) is 0 Å². The van der Waals surface area contributed by atoms with Crippen LogP contribution in [0.4, 0.5) is 0 Å². The maximum absolute atomic E-state index is 2.04. The zero-order valence-corrected chi connectivity index (χ0v) is 5.67. The zero-order chi connectivity index (χ0) is 2.71. The second kappa shape index (κ2) is 20.4. The van der Waals surface area contributed by atoms with Crippen molar-refractivity contribution in [3.05, 3.63) is 0 Å². The van der Waals surface area contributed by atoms with E-state index in [-0.39, 0.29) is 24.8 Å². The van der Waals surface area contributed by atoms with E-state index in [1.165, 1.54) is 0 Å². The van der Waals surface area contributed by atoms with E-state index in [1.807, 2.05) is 12.5 Å². The summed E-state index contributed by atoms with van der Waals surface area (Å²) in [5, 5.41) is 0. The summed E-state index contributed by atoms with van der Waals surface area (Å²) in [6, 6.07) is 0. The quantitative estimate of drug-likeness (QED) is 0.488. The molecule has 0 aromatic carbocycles. The monoisotopic (exact) mass is 134 g/mol. The Hall–Kier alpha value is 0.930. The van der Waals surface area contributed by atoms with Crippen LogP contribution in [0.2, 0.25) is 0 Å². The van der Waals surface area contributed by atoms with Gasteiger partial charge >= 0.3 is 0 Å². The van der Waals surface area contributed by atoms with E-state index in [0.717, 1.165) is 0 Å². The zero-order valence-electron chi connectivity index (χ0n) is 3.22. The Labute approximate surface area is 49.5 Å². The second-order valence-corrected chi connectivity index (χ2v) is 1.22. The van der Waals surface area contributed by atoms with Gasteiger partial charge in [0.2, 0.25) is 0 Å². The fourth-order valence-corrected chi connectivity index (χ4v) is 0. The lowest BCUT2D eigenvalue weighted by atomic mass is 11.9. The van der Waals surface area contributed by atoms with Crippen molar-refractivity contribution in [1.82, 2.24) is 0 Å². The topological polar surface area (TPSA) is 0 Å². The first-order valence-corrected chi connectivity index (χ1v) is 2.45. The van der Waals surface area contributed by atoms with Crippen LogP contribution in [-0.2, 0) is 0 Å². The van der Waals surface area contributed by atoms with Gasteiger partial charge in [-0.25, -0.2) is 0 Å². The van der Waals surface area contributed by atoms with Gasteiger partial charge in [0, 0.05) is 0 Å². The van der Waals surface area contributed by atoms with E-state index in [0.29, 0.717) is 0 Å². The molecule has 0 nitrogen and oxygen atoms in total. The predicted octanol–water partition coefficient (Wildman–Crippen LogP) is 1.82. The highest BCUT2D eigenvalue weighted by atomic mass is 35.5. The largest absolute Gasteiger partial charge is 0.169 e. The van der Waals surface area contributed by atoms with E-state index in [2.05, 4.69) is 0 Å². The Kier molecular flexibility index (Phi) is 68.6. The van der Waals surface area contributed by atoms with Crippen LogP contribution in [0.15, 0.2) is 0 Å². The summed E-state index contributed by atoms with van der Waals surface area (Å²) in [4.78, 5) is 0. The van der Waals surface area contributed by atoms with Crippen molar-refractivity contribution in [1.29, 1.82) is 0 Å². The van der Waals surface area contributed by atoms with E-state index in [1.54, 1.807) is 11.8 Å². The molecule has 0 aliphatic carbocycles. The second-order valence-electron chi connectivity index (χ2n) is 0.408. The number of hydrogen-bond donors (Lipinski definition) is 0. The molecule has 0 atom stereocenters. The third-order valence-electron chi connectivity index (χ3n) is 0. The number of thioether (sulfide) groups is 1. The van der Waals surface area contributed by atoms with Gasteiger partial charge in [-0.1, -0.05) is 0 Å². The summed E-state index contributed by atoms with van der Waals surface area (Å²) in [7, 11) is 0. The summed E-state index contributed by atoms with van der Waals surface area (Å²) >= 11 is 1.75. The average molecular weight is 135 g/mol. The summed E-state index contributed by atoms with van der Waals surface area (Å²) in [5.74, 6) is 0. The van der Waals surface area contributed by atoms with Gasteiger partial charge < -0.3 is 0 Å². The maximum atomic E-state index is 2.04. The Balaban J connectivity index is -0.0000000200. The van der Waals surface area contributed by atoms with Crippen molar-refractivity contribution < 1.29 is 0 Å². The number of rotatable bonds is 0. The lowest BCUT2D eigenvalue weighted by Gasteiger charge is -1.51. The standard InChI is InChI=1S/C2H6S.2ClH/c1-3-2;;/h1-2H3;2*1H. The normalized spacial score (nSPS) is 3.60. The summed E-state index contributed by atoms with van der Waals surface area (Å²) in [6.45, 7) is 0. The Morgan fingerprint density at radius 2 is 1.00 bits per heavy atom. The Morgan fingerprint density at radius 1 is 1.00 bits per heavy atom. The van der Waals surface area contributed by atoms with Crippen LogP contribution in [0, 0.1) is 0 Å². The SMILES string of the molecule is CSC.Cl.Cl. The molecule has 0 amide bonds. The Bertz CT molecular complexity index is 7.61. The van der Waals surface area contributed by atoms with Gasteiger partial charge in [-0.2, -0.15) is 11.8 Å². The molecular formula is C2H8Cl2S. The first-order chi connectivity index (χ1) is 1.41. The molecule has 0 N–H and O–H groups in total. The van der Waals surface area contributed by atoms with Crippen molar-refractivity contribution in [3.8, 4) is 0 Å². The molecule has 0 spiro atoms. The first kappa shape index (κ1) is 16.8. The molecule has 0 saturated carbocycles. The molecule has 0 aromatic heterocycles. The minimum atomic E-state index is 0. The molecule has 0 fully saturated rings. The lowest BCUT2D eigenvalue weighted by molar-refractivity contribution is 2.37. The number of hydrogen-bond acceptors (Lipinski definition) is 1. The third-order valence-corrected chi connectivity index (χ3v) is 0. The van der Waals surface area contributed by atoms with Crippen LogP contribution < -0.4 is 0 Å². The van der Waals surface area contributed by atoms with Crippen molar-refractivity contribution in [3.63, 3.8) is 0 Å². The van der Waals surface area contributed by atoms with E-state index in [9.17, 15) is 0 Å². The fourth-order valence-electron chi connectivity index (χ4n) is 0. The molecule has 3 heteroatoms. The first-order valence-electron chi connectivity index (χ1n) is 0.816. The van der Waals surface area contributed by atoms with Crippen LogP contribution in [0.3, 0.4) is 0 Å². The summed E-state index contributed by atoms with van der Waals surface area (Å²) < 4.78 is 0. The van der Waals surface area contributed by atoms with Crippen LogP contribution >= 0.6 is 36.6 Å². The van der Waals surface area contributed by atoms with Gasteiger partial charge in [-0.05, 0) is 12.5 Å². The molecule has 0 radical (unpaired) electrons. The van der Waals surface area contributed by atoms with Crippen molar-refractivity contribution in [2.75, 3.05) is 12.5 Å². The van der Waals surface area contributed by atoms with Gasteiger partial charge in [0.15, 0.2) is 0 Å². The van der Waals surface area contributed by atoms with Crippen molar-refractivity contribution in [2.24, 2.45) is 0 Å². The molecule has 0 aromatic rings. The van der Waals surface area contributed by atoms with Gasteiger partial charge in [0.1, 0.15) is 0 Å². The molecule has 0 aliphatic rings. The van der Waals surface area contributed by atoms with E-state index >= 15 is 0 Å². The summed E-state index contributed by atoms with van der Waals surface area (Å²) in [6.07, 6.45) is 4.08. The van der Waals surface area contributed by atoms with Gasteiger partial charge in [0.25, 0.3) is 0 Å². The predicted molar refractivity (Wildman–Crippen MR) is 33.9 cm³/mol. The molecule has 36 valence electrons. The van der Waals surface area contributed by atoms with Crippen molar-refractivity contribution in [2.45, 2.75) is 0 Å². The smallest absolute Gasteiger partial charge is 0.0187 e. The van der Waals surface area contributed by atoms with Gasteiger partial charge in [-0.3, -0.25) is 0 Å². The van der Waals surface area contributed by atoms with Gasteiger partial charge in [0.05, 0.1) is 0 Å². The molecule has 0 aliphatic heterocycles. The van der Waals surface area contributed by atoms with Gasteiger partial charge in [-0.15, -0.1) is 24.8 Å². The van der Waals surface area contributed by atoms with Crippen LogP contribution in [0.1, 0.15) is 0 Å². The lowest BCUT2D eigenvalue weighted by Crippen LogP contribution is -1.25. The van der Waals surface area contributed by atoms with Crippen LogP contribution in [-0.4, -0.2) is 12.5 Å². The minimum absolute atomic E-state index is 0. The summed E-state index contributed by atoms with van der Waals surface area (Å²) in [5.41, 5.74) is 0. The molecule has 0 rings (SSSR count). The average Bonchev–Trinajstić information content (AvgIpc) is 0.918. The molecular weight excluding hydrogens is 127 g/mol.